The summed E-state index contributed by atoms with van der Waals surface area (Å²) in [4.78, 5) is 0. The van der Waals surface area contributed by atoms with Crippen LogP contribution in [0.15, 0.2) is 55.7 Å². The molecule has 0 atom stereocenters. The van der Waals surface area contributed by atoms with Crippen molar-refractivity contribution in [2.75, 3.05) is 0 Å². The van der Waals surface area contributed by atoms with Gasteiger partial charge in [-0.15, -0.1) is 0 Å². The van der Waals surface area contributed by atoms with Crippen LogP contribution in [0.5, 0.6) is 0 Å². The highest BCUT2D eigenvalue weighted by atomic mass is 19.1. The van der Waals surface area contributed by atoms with Crippen molar-refractivity contribution in [2.24, 2.45) is 0 Å². The molecule has 1 heteroatoms. The number of benzene rings is 1. The number of halogens is 1. The number of allylic oxidation sites excluding steroid dienone is 4. The Balaban J connectivity index is 0.000000921. The van der Waals surface area contributed by atoms with Gasteiger partial charge in [-0.25, -0.2) is 4.39 Å². The molecule has 80 valence electrons. The topological polar surface area (TPSA) is 0 Å². The Morgan fingerprint density at radius 1 is 1.20 bits per heavy atom. The van der Waals surface area contributed by atoms with E-state index < -0.39 is 0 Å². The maximum Gasteiger partial charge on any atom is 0.123 e. The molecule has 0 amide bonds. The average molecular weight is 204 g/mol. The summed E-state index contributed by atoms with van der Waals surface area (Å²) in [6.07, 6.45) is 5.31. The molecule has 1 aromatic carbocycles. The van der Waals surface area contributed by atoms with Crippen LogP contribution in [-0.4, -0.2) is 0 Å². The fourth-order valence-corrected chi connectivity index (χ4v) is 0.944. The summed E-state index contributed by atoms with van der Waals surface area (Å²) in [7, 11) is 0. The van der Waals surface area contributed by atoms with E-state index in [4.69, 9.17) is 0 Å². The minimum atomic E-state index is -0.232. The third-order valence-electron chi connectivity index (χ3n) is 1.65. The van der Waals surface area contributed by atoms with E-state index in [9.17, 15) is 4.39 Å². The molecule has 0 spiro atoms. The van der Waals surface area contributed by atoms with Gasteiger partial charge in [-0.3, -0.25) is 0 Å². The van der Waals surface area contributed by atoms with Gasteiger partial charge in [0.15, 0.2) is 0 Å². The zero-order valence-electron chi connectivity index (χ0n) is 9.33. The van der Waals surface area contributed by atoms with Crippen molar-refractivity contribution in [3.8, 4) is 0 Å². The van der Waals surface area contributed by atoms with Gasteiger partial charge in [0.1, 0.15) is 5.82 Å². The number of hydrogen-bond acceptors (Lipinski definition) is 0. The fraction of sp³-hybridized carbons (Fsp3) is 0.143. The molecule has 0 aromatic heterocycles. The van der Waals surface area contributed by atoms with Crippen molar-refractivity contribution in [1.29, 1.82) is 0 Å². The second kappa shape index (κ2) is 7.74. The summed E-state index contributed by atoms with van der Waals surface area (Å²) in [5, 5.41) is 0. The van der Waals surface area contributed by atoms with Crippen LogP contribution in [0, 0.1) is 5.82 Å². The minimum Gasteiger partial charge on any atom is -0.207 e. The number of hydrogen-bond donors (Lipinski definition) is 0. The highest BCUT2D eigenvalue weighted by Gasteiger charge is 1.94. The van der Waals surface area contributed by atoms with Gasteiger partial charge < -0.3 is 0 Å². The second-order valence-electron chi connectivity index (χ2n) is 2.63. The van der Waals surface area contributed by atoms with E-state index in [1.807, 2.05) is 19.9 Å². The quantitative estimate of drug-likeness (QED) is 0.631. The summed E-state index contributed by atoms with van der Waals surface area (Å²) in [5.74, 6) is -0.232. The van der Waals surface area contributed by atoms with Gasteiger partial charge >= 0.3 is 0 Å². The average Bonchev–Trinajstić information content (AvgIpc) is 2.29. The standard InChI is InChI=1S/C12H11F.C2H6/c1-3-4-5-10(2)11-6-8-12(13)9-7-11;1-2/h3-9H,1-2H2;1-2H3/b5-4-;. The zero-order valence-corrected chi connectivity index (χ0v) is 9.33. The van der Waals surface area contributed by atoms with E-state index in [0.29, 0.717) is 0 Å². The van der Waals surface area contributed by atoms with Crippen LogP contribution >= 0.6 is 0 Å². The van der Waals surface area contributed by atoms with Gasteiger partial charge in [-0.1, -0.05) is 57.4 Å². The van der Waals surface area contributed by atoms with E-state index in [1.54, 1.807) is 24.3 Å². The molecule has 15 heavy (non-hydrogen) atoms. The number of rotatable bonds is 3. The van der Waals surface area contributed by atoms with Crippen molar-refractivity contribution in [2.45, 2.75) is 13.8 Å². The van der Waals surface area contributed by atoms with Gasteiger partial charge in [-0.2, -0.15) is 0 Å². The van der Waals surface area contributed by atoms with E-state index in [1.165, 1.54) is 12.1 Å². The molecule has 0 aliphatic heterocycles. The minimum absolute atomic E-state index is 0.232. The van der Waals surface area contributed by atoms with Crippen molar-refractivity contribution in [3.63, 3.8) is 0 Å². The highest BCUT2D eigenvalue weighted by Crippen LogP contribution is 2.13. The van der Waals surface area contributed by atoms with E-state index in [-0.39, 0.29) is 5.82 Å². The molecule has 0 aliphatic carbocycles. The first-order valence-corrected chi connectivity index (χ1v) is 4.98. The van der Waals surface area contributed by atoms with Crippen LogP contribution < -0.4 is 0 Å². The largest absolute Gasteiger partial charge is 0.207 e. The summed E-state index contributed by atoms with van der Waals surface area (Å²) < 4.78 is 12.5. The fourth-order valence-electron chi connectivity index (χ4n) is 0.944. The zero-order chi connectivity index (χ0) is 11.7. The Hall–Kier alpha value is -1.63. The molecule has 1 aromatic rings. The molecular formula is C14H17F. The lowest BCUT2D eigenvalue weighted by Crippen LogP contribution is -1.79. The van der Waals surface area contributed by atoms with Gasteiger partial charge in [-0.05, 0) is 23.3 Å². The monoisotopic (exact) mass is 204 g/mol. The van der Waals surface area contributed by atoms with Gasteiger partial charge in [0.2, 0.25) is 0 Å². The molecule has 0 nitrogen and oxygen atoms in total. The Morgan fingerprint density at radius 3 is 2.20 bits per heavy atom. The van der Waals surface area contributed by atoms with Crippen LogP contribution in [0.1, 0.15) is 19.4 Å². The van der Waals surface area contributed by atoms with Gasteiger partial charge in [0, 0.05) is 0 Å². The normalized spacial score (nSPS) is 9.27. The highest BCUT2D eigenvalue weighted by molar-refractivity contribution is 5.72. The summed E-state index contributed by atoms with van der Waals surface area (Å²) >= 11 is 0. The molecule has 0 saturated heterocycles. The predicted octanol–water partition coefficient (Wildman–Crippen LogP) is 4.61. The van der Waals surface area contributed by atoms with Crippen molar-refractivity contribution >= 4 is 5.57 Å². The third-order valence-corrected chi connectivity index (χ3v) is 1.65. The Kier molecular flexibility index (Phi) is 6.90. The predicted molar refractivity (Wildman–Crippen MR) is 66.1 cm³/mol. The molecule has 0 radical (unpaired) electrons. The molecule has 0 aliphatic rings. The Bertz CT molecular complexity index is 331. The Morgan fingerprint density at radius 2 is 1.73 bits per heavy atom. The molecule has 1 rings (SSSR count). The van der Waals surface area contributed by atoms with Crippen LogP contribution in [0.3, 0.4) is 0 Å². The van der Waals surface area contributed by atoms with Crippen molar-refractivity contribution < 1.29 is 4.39 Å². The summed E-state index contributed by atoms with van der Waals surface area (Å²) in [5.41, 5.74) is 1.76. The van der Waals surface area contributed by atoms with E-state index in [2.05, 4.69) is 13.2 Å². The summed E-state index contributed by atoms with van der Waals surface area (Å²) in [6.45, 7) is 11.4. The SMILES string of the molecule is C=C/C=C\C(=C)c1ccc(F)cc1.CC. The lowest BCUT2D eigenvalue weighted by Gasteiger charge is -1.98. The molecule has 0 fully saturated rings. The second-order valence-corrected chi connectivity index (χ2v) is 2.63. The van der Waals surface area contributed by atoms with E-state index in [0.717, 1.165) is 11.1 Å². The maximum atomic E-state index is 12.5. The molecule has 0 N–H and O–H groups in total. The first-order valence-electron chi connectivity index (χ1n) is 4.98. The molecule has 0 unspecified atom stereocenters. The van der Waals surface area contributed by atoms with Crippen molar-refractivity contribution in [1.82, 2.24) is 0 Å². The lowest BCUT2D eigenvalue weighted by molar-refractivity contribution is 0.627. The third kappa shape index (κ3) is 4.96. The van der Waals surface area contributed by atoms with Gasteiger partial charge in [0.05, 0.1) is 0 Å². The Labute approximate surface area is 91.5 Å². The van der Waals surface area contributed by atoms with Crippen LogP contribution in [0.4, 0.5) is 4.39 Å². The van der Waals surface area contributed by atoms with Crippen molar-refractivity contribution in [3.05, 3.63) is 67.0 Å². The summed E-state index contributed by atoms with van der Waals surface area (Å²) in [6, 6.07) is 6.24. The molecule has 0 heterocycles. The lowest BCUT2D eigenvalue weighted by atomic mass is 10.1. The van der Waals surface area contributed by atoms with Crippen LogP contribution in [0.2, 0.25) is 0 Å². The molecular weight excluding hydrogens is 187 g/mol. The first kappa shape index (κ1) is 13.4. The van der Waals surface area contributed by atoms with E-state index >= 15 is 0 Å². The molecule has 0 bridgehead atoms. The first-order chi connectivity index (χ1) is 7.24. The van der Waals surface area contributed by atoms with Crippen LogP contribution in [-0.2, 0) is 0 Å². The smallest absolute Gasteiger partial charge is 0.123 e. The maximum absolute atomic E-state index is 12.5. The van der Waals surface area contributed by atoms with Crippen LogP contribution in [0.25, 0.3) is 5.57 Å². The van der Waals surface area contributed by atoms with Gasteiger partial charge in [0.25, 0.3) is 0 Å². The molecule has 0 saturated carbocycles.